The quantitative estimate of drug-likeness (QED) is 0.0206. The van der Waals surface area contributed by atoms with E-state index < -0.39 is 0 Å². The predicted octanol–water partition coefficient (Wildman–Crippen LogP) is 29.1. The second-order valence-corrected chi connectivity index (χ2v) is 40.0. The summed E-state index contributed by atoms with van der Waals surface area (Å²) in [4.78, 5) is 121. The number of carbonyl (C=O) groups is 8. The first kappa shape index (κ1) is 107. The zero-order valence-electron chi connectivity index (χ0n) is 87.0. The van der Waals surface area contributed by atoms with E-state index >= 15 is 0 Å². The highest BCUT2D eigenvalue weighted by Gasteiger charge is 2.29. The Morgan fingerprint density at radius 2 is 0.653 bits per heavy atom. The molecule has 0 atom stereocenters. The van der Waals surface area contributed by atoms with Crippen LogP contribution in [0.5, 0.6) is 5.75 Å². The average Bonchev–Trinajstić information content (AvgIpc) is 0.956. The van der Waals surface area contributed by atoms with E-state index in [0.29, 0.717) is 122 Å². The Balaban J connectivity index is 0.000000155. The van der Waals surface area contributed by atoms with Gasteiger partial charge in [-0.3, -0.25) is 58.3 Å². The summed E-state index contributed by atoms with van der Waals surface area (Å²) in [5.74, 6) is 1.88. The number of carbonyl (C=O) groups excluding carboxylic acids is 8. The van der Waals surface area contributed by atoms with Crippen molar-refractivity contribution in [2.75, 3.05) is 33.3 Å². The average molecular weight is 1960 g/mol. The van der Waals surface area contributed by atoms with Crippen LogP contribution in [0, 0.1) is 17.3 Å². The Bertz CT molecular complexity index is 7230. The molecule has 752 valence electrons. The van der Waals surface area contributed by atoms with Gasteiger partial charge in [-0.1, -0.05) is 283 Å². The Hall–Kier alpha value is -15.4. The lowest BCUT2D eigenvalue weighted by atomic mass is 9.85. The predicted molar refractivity (Wildman–Crippen MR) is 599 cm³/mol. The molecule has 12 aromatic carbocycles. The first-order valence-electron chi connectivity index (χ1n) is 52.5. The van der Waals surface area contributed by atoms with Crippen molar-refractivity contribution < 1.29 is 43.1 Å². The third-order valence-corrected chi connectivity index (χ3v) is 26.7. The highest BCUT2D eigenvalue weighted by atomic mass is 16.5. The number of methoxy groups -OCH3 is 1. The fourth-order valence-corrected chi connectivity index (χ4v) is 18.3. The van der Waals surface area contributed by atoms with Crippen molar-refractivity contribution in [2.45, 2.75) is 198 Å². The summed E-state index contributed by atoms with van der Waals surface area (Å²) in [6, 6.07) is 94.5. The molecule has 4 amide bonds. The van der Waals surface area contributed by atoms with Crippen LogP contribution < -0.4 is 26.0 Å². The topological polar surface area (TPSA) is 245 Å². The Morgan fingerprint density at radius 3 is 0.986 bits per heavy atom. The normalized spacial score (nSPS) is 11.6. The zero-order chi connectivity index (χ0) is 104. The van der Waals surface area contributed by atoms with E-state index in [2.05, 4.69) is 190 Å². The second-order valence-electron chi connectivity index (χ2n) is 40.0. The molecule has 17 nitrogen and oxygen atoms in total. The number of rotatable bonds is 41. The van der Waals surface area contributed by atoms with Crippen molar-refractivity contribution in [3.63, 3.8) is 0 Å². The van der Waals surface area contributed by atoms with E-state index in [4.69, 9.17) is 9.72 Å². The van der Waals surface area contributed by atoms with Crippen LogP contribution in [0.1, 0.15) is 293 Å². The summed E-state index contributed by atoms with van der Waals surface area (Å²) >= 11 is 0. The van der Waals surface area contributed by atoms with Gasteiger partial charge in [-0.15, -0.1) is 0 Å². The standard InChI is InChI=1S/C34H36N2O3.C33H36N2O2.C32H34N2O2.C31H32N2O2/c1-3-4-18-35-34(38)26-15-13-25(14-16-26)28-20-29-27(17-12-23-8-6-5-7-9-23)30(32(37)19-24-10-11-24)22-36-31(29)21-33(28)39-2;1-5-6-18-34-32(37)25-14-12-24(13-15-25)26-16-17-30-28(20-26)27(19-23-10-8-7-9-11-23)29(22-35-30)31(36)21-33(2,3)4;1-4-5-17-33-32(36)25-13-11-24(12-14-25)26-15-16-30-28(20-26)27(19-23-9-7-6-8-10-23)29(21-34-30)31(35)18-22(2)3;1-3-5-18-32-31(35)24-14-12-23(13-15-24)25-16-17-29-27(20-25)26(19-22-10-7-6-8-11-22)28(21-33-29)30(34)9-4-2/h5-9,13-16,20-22,24H,3-4,10-12,17-19H2,1-2H3,(H,35,38);7-17,20,22H,5-6,18-19,21H2,1-4H3,(H,34,37);6-16,20-22H,4-5,17-19H2,1-3H3,(H,33,36);6-8,10-17,20-21H,3-5,9,18-19H2,1-2H3,(H,32,35). The number of Topliss-reactive ketones (excluding diaryl/α,β-unsaturated/α-hetero) is 4. The molecular weight excluding hydrogens is 1820 g/mol. The number of amides is 4. The largest absolute Gasteiger partial charge is 0.496 e. The molecule has 0 bridgehead atoms. The van der Waals surface area contributed by atoms with Crippen molar-refractivity contribution >= 4 is 90.4 Å². The van der Waals surface area contributed by atoms with Gasteiger partial charge in [-0.25, -0.2) is 0 Å². The fourth-order valence-electron chi connectivity index (χ4n) is 18.3. The second kappa shape index (κ2) is 52.9. The summed E-state index contributed by atoms with van der Waals surface area (Å²) in [7, 11) is 1.66. The van der Waals surface area contributed by atoms with E-state index in [0.717, 1.165) is 216 Å². The minimum atomic E-state index is -0.109. The molecule has 4 aromatic heterocycles. The van der Waals surface area contributed by atoms with Crippen molar-refractivity contribution in [3.05, 3.63) is 399 Å². The molecule has 4 N–H and O–H groups in total. The molecule has 17 heteroatoms. The van der Waals surface area contributed by atoms with Crippen molar-refractivity contribution in [2.24, 2.45) is 17.3 Å². The number of fused-ring (bicyclic) bond motifs is 4. The molecule has 1 aliphatic carbocycles. The van der Waals surface area contributed by atoms with Crippen LogP contribution in [-0.4, -0.2) is 100.0 Å². The Kier molecular flexibility index (Phi) is 38.7. The molecule has 1 fully saturated rings. The number of benzene rings is 12. The lowest BCUT2D eigenvalue weighted by Crippen LogP contribution is -2.24. The maximum atomic E-state index is 13.4. The molecule has 1 saturated carbocycles. The van der Waals surface area contributed by atoms with Crippen molar-refractivity contribution in [1.29, 1.82) is 0 Å². The van der Waals surface area contributed by atoms with Gasteiger partial charge in [-0.05, 0) is 269 Å². The highest BCUT2D eigenvalue weighted by Crippen LogP contribution is 2.41. The van der Waals surface area contributed by atoms with Crippen LogP contribution in [0.3, 0.4) is 0 Å². The van der Waals surface area contributed by atoms with Crippen LogP contribution in [0.4, 0.5) is 0 Å². The van der Waals surface area contributed by atoms with Gasteiger partial charge in [0.15, 0.2) is 23.1 Å². The summed E-state index contributed by atoms with van der Waals surface area (Å²) < 4.78 is 5.77. The molecule has 0 radical (unpaired) electrons. The molecule has 0 aliphatic heterocycles. The van der Waals surface area contributed by atoms with Crippen molar-refractivity contribution in [3.8, 4) is 50.3 Å². The summed E-state index contributed by atoms with van der Waals surface area (Å²) in [6.45, 7) is 23.6. The van der Waals surface area contributed by atoms with Crippen LogP contribution in [0.25, 0.3) is 88.1 Å². The van der Waals surface area contributed by atoms with E-state index in [1.165, 1.54) is 5.56 Å². The number of unbranched alkanes of at least 4 members (excludes halogenated alkanes) is 4. The van der Waals surface area contributed by atoms with Gasteiger partial charge in [0, 0.05) is 154 Å². The van der Waals surface area contributed by atoms with Crippen LogP contribution in [0.15, 0.2) is 310 Å². The molecule has 0 saturated heterocycles. The number of hydrogen-bond acceptors (Lipinski definition) is 13. The number of nitrogens with one attached hydrogen (secondary N) is 4. The minimum Gasteiger partial charge on any atom is -0.496 e. The smallest absolute Gasteiger partial charge is 0.251 e. The lowest BCUT2D eigenvalue weighted by Gasteiger charge is -2.19. The summed E-state index contributed by atoms with van der Waals surface area (Å²) in [6.07, 6.45) is 23.8. The highest BCUT2D eigenvalue weighted by molar-refractivity contribution is 6.07. The Labute approximate surface area is 866 Å². The van der Waals surface area contributed by atoms with Crippen LogP contribution in [0.2, 0.25) is 0 Å². The first-order chi connectivity index (χ1) is 71.4. The summed E-state index contributed by atoms with van der Waals surface area (Å²) in [5.41, 5.74) is 25.6. The molecule has 0 unspecified atom stereocenters. The van der Waals surface area contributed by atoms with Gasteiger partial charge in [-0.2, -0.15) is 0 Å². The van der Waals surface area contributed by atoms with Gasteiger partial charge in [0.2, 0.25) is 0 Å². The summed E-state index contributed by atoms with van der Waals surface area (Å²) in [5, 5.41) is 15.8. The van der Waals surface area contributed by atoms with E-state index in [9.17, 15) is 38.4 Å². The number of nitrogens with zero attached hydrogens (tertiary/aromatic N) is 4. The molecule has 17 rings (SSSR count). The van der Waals surface area contributed by atoms with E-state index in [1.807, 2.05) is 201 Å². The fraction of sp³-hybridized carbons (Fsp3) is 0.292. The maximum Gasteiger partial charge on any atom is 0.251 e. The molecule has 0 spiro atoms. The number of aryl methyl sites for hydroxylation is 2. The first-order valence-corrected chi connectivity index (χ1v) is 52.5. The monoisotopic (exact) mass is 1960 g/mol. The van der Waals surface area contributed by atoms with Gasteiger partial charge in [0.05, 0.1) is 29.2 Å². The lowest BCUT2D eigenvalue weighted by molar-refractivity contribution is 0.0931. The molecule has 16 aromatic rings. The van der Waals surface area contributed by atoms with Crippen LogP contribution in [-0.2, 0) is 32.1 Å². The number of pyridine rings is 4. The van der Waals surface area contributed by atoms with E-state index in [1.54, 1.807) is 31.9 Å². The SMILES string of the molecule is CCCCNC(=O)c1ccc(-c2cc3c(CCc4ccccc4)c(C(=O)CC4CC4)cnc3cc2OC)cc1.CCCCNC(=O)c1ccc(-c2ccc3ncc(C(=O)CC(C)(C)C)c(Cc4ccccc4)c3c2)cc1.CCCCNC(=O)c1ccc(-c2ccc3ncc(C(=O)CC(C)C)c(Cc4ccccc4)c3c2)cc1.CCCCNC(=O)c1ccc(-c2ccc3ncc(C(=O)CCC)c(Cc4ccccc4)c3c2)cc1. The number of ketones is 4. The number of hydrogen-bond donors (Lipinski definition) is 4. The third kappa shape index (κ3) is 29.7. The minimum absolute atomic E-state index is 0.0445. The molecule has 1 aliphatic rings. The van der Waals surface area contributed by atoms with Gasteiger partial charge < -0.3 is 26.0 Å². The third-order valence-electron chi connectivity index (χ3n) is 26.7. The van der Waals surface area contributed by atoms with Gasteiger partial charge in [0.1, 0.15) is 5.75 Å². The van der Waals surface area contributed by atoms with Gasteiger partial charge in [0.25, 0.3) is 23.6 Å². The van der Waals surface area contributed by atoms with E-state index in [-0.39, 0.29) is 58.1 Å². The molecule has 4 heterocycles. The van der Waals surface area contributed by atoms with Crippen molar-refractivity contribution in [1.82, 2.24) is 41.2 Å². The Morgan fingerprint density at radius 1 is 0.333 bits per heavy atom. The zero-order valence-corrected chi connectivity index (χ0v) is 87.0. The number of ether oxygens (including phenoxy) is 1. The maximum absolute atomic E-state index is 13.4. The number of aromatic nitrogens is 4. The van der Waals surface area contributed by atoms with Gasteiger partial charge >= 0.3 is 0 Å². The molecule has 147 heavy (non-hydrogen) atoms. The molecular formula is C130H138N8O9. The van der Waals surface area contributed by atoms with Crippen LogP contribution >= 0.6 is 0 Å².